The Labute approximate surface area is 170 Å². The summed E-state index contributed by atoms with van der Waals surface area (Å²) >= 11 is 0. The second kappa shape index (κ2) is 6.55. The molecule has 0 radical (unpaired) electrons. The minimum atomic E-state index is -0.247. The molecule has 3 fully saturated rings. The van der Waals surface area contributed by atoms with Crippen LogP contribution in [0.5, 0.6) is 0 Å². The van der Waals surface area contributed by atoms with Crippen LogP contribution in [0, 0.1) is 37.5 Å². The van der Waals surface area contributed by atoms with Crippen LogP contribution in [0.3, 0.4) is 0 Å². The normalized spacial score (nSPS) is 27.4. The van der Waals surface area contributed by atoms with Crippen molar-refractivity contribution in [3.8, 4) is 0 Å². The van der Waals surface area contributed by atoms with Crippen molar-refractivity contribution in [3.05, 3.63) is 59.2 Å². The Morgan fingerprint density at radius 3 is 2.14 bits per heavy atom. The molecule has 0 unspecified atom stereocenters. The lowest BCUT2D eigenvalue weighted by atomic mass is 9.81. The van der Waals surface area contributed by atoms with Crippen molar-refractivity contribution in [2.24, 2.45) is 23.7 Å². The van der Waals surface area contributed by atoms with Crippen LogP contribution in [-0.4, -0.2) is 17.7 Å². The molecule has 1 aliphatic heterocycles. The van der Waals surface area contributed by atoms with Crippen LogP contribution in [0.15, 0.2) is 42.5 Å². The number of rotatable bonds is 3. The number of nitrogens with zero attached hydrogens (tertiary/aromatic N) is 1. The van der Waals surface area contributed by atoms with Gasteiger partial charge >= 0.3 is 0 Å². The van der Waals surface area contributed by atoms with Crippen LogP contribution in [0.2, 0.25) is 0 Å². The minimum absolute atomic E-state index is 0.0838. The fourth-order valence-corrected chi connectivity index (χ4v) is 5.65. The molecular weight excluding hydrogens is 364 g/mol. The third kappa shape index (κ3) is 2.71. The summed E-state index contributed by atoms with van der Waals surface area (Å²) in [6.07, 6.45) is 3.12. The highest BCUT2D eigenvalue weighted by molar-refractivity contribution is 6.23. The molecule has 2 aliphatic carbocycles. The molecule has 2 saturated carbocycles. The smallest absolute Gasteiger partial charge is 0.255 e. The molecule has 1 N–H and O–H groups in total. The third-order valence-corrected chi connectivity index (χ3v) is 7.01. The summed E-state index contributed by atoms with van der Waals surface area (Å²) < 4.78 is 0. The molecule has 2 aromatic rings. The van der Waals surface area contributed by atoms with Crippen LogP contribution in [0.25, 0.3) is 0 Å². The predicted octanol–water partition coefficient (Wildman–Crippen LogP) is 4.09. The van der Waals surface area contributed by atoms with Gasteiger partial charge < -0.3 is 5.32 Å². The fraction of sp³-hybridized carbons (Fsp3) is 0.375. The Morgan fingerprint density at radius 2 is 1.52 bits per heavy atom. The van der Waals surface area contributed by atoms with Gasteiger partial charge in [-0.2, -0.15) is 0 Å². The highest BCUT2D eigenvalue weighted by Gasteiger charge is 2.61. The first-order chi connectivity index (χ1) is 14.0. The predicted molar refractivity (Wildman–Crippen MR) is 111 cm³/mol. The van der Waals surface area contributed by atoms with Gasteiger partial charge in [-0.3, -0.25) is 19.3 Å². The lowest BCUT2D eigenvalue weighted by Gasteiger charge is -2.19. The number of nitrogens with one attached hydrogen (secondary N) is 1. The Morgan fingerprint density at radius 1 is 0.931 bits per heavy atom. The van der Waals surface area contributed by atoms with Gasteiger partial charge in [-0.15, -0.1) is 0 Å². The molecule has 1 heterocycles. The van der Waals surface area contributed by atoms with E-state index in [1.165, 1.54) is 4.90 Å². The van der Waals surface area contributed by atoms with Gasteiger partial charge in [0.25, 0.3) is 5.91 Å². The first kappa shape index (κ1) is 18.1. The molecule has 3 amide bonds. The summed E-state index contributed by atoms with van der Waals surface area (Å²) in [5.74, 6) is -0.0340. The lowest BCUT2D eigenvalue weighted by molar-refractivity contribution is -0.123. The van der Waals surface area contributed by atoms with E-state index in [2.05, 4.69) is 5.32 Å². The molecule has 1 saturated heterocycles. The second-order valence-corrected chi connectivity index (χ2v) is 8.67. The van der Waals surface area contributed by atoms with Gasteiger partial charge in [-0.05, 0) is 74.3 Å². The number of fused-ring (bicyclic) bond motifs is 5. The summed E-state index contributed by atoms with van der Waals surface area (Å²) in [4.78, 5) is 40.3. The average molecular weight is 388 g/mol. The number of carbonyl (C=O) groups excluding carboxylic acids is 3. The topological polar surface area (TPSA) is 66.5 Å². The van der Waals surface area contributed by atoms with Gasteiger partial charge in [0.2, 0.25) is 11.8 Å². The van der Waals surface area contributed by atoms with Gasteiger partial charge in [0.15, 0.2) is 0 Å². The zero-order valence-corrected chi connectivity index (χ0v) is 16.6. The Balaban J connectivity index is 1.42. The van der Waals surface area contributed by atoms with E-state index >= 15 is 0 Å². The summed E-state index contributed by atoms with van der Waals surface area (Å²) in [5, 5.41) is 2.97. The fourth-order valence-electron chi connectivity index (χ4n) is 5.65. The number of para-hydroxylation sites is 1. The second-order valence-electron chi connectivity index (χ2n) is 8.67. The minimum Gasteiger partial charge on any atom is -0.322 e. The van der Waals surface area contributed by atoms with Crippen molar-refractivity contribution in [2.45, 2.75) is 33.1 Å². The molecule has 5 rings (SSSR count). The van der Waals surface area contributed by atoms with Gasteiger partial charge in [0, 0.05) is 11.3 Å². The molecule has 148 valence electrons. The van der Waals surface area contributed by atoms with Crippen LogP contribution in [-0.2, 0) is 9.59 Å². The molecule has 2 aromatic carbocycles. The summed E-state index contributed by atoms with van der Waals surface area (Å²) in [6, 6.07) is 12.7. The molecule has 5 heteroatoms. The van der Waals surface area contributed by atoms with E-state index in [9.17, 15) is 14.4 Å². The van der Waals surface area contributed by atoms with E-state index in [0.29, 0.717) is 23.1 Å². The first-order valence-electron chi connectivity index (χ1n) is 10.3. The summed E-state index contributed by atoms with van der Waals surface area (Å²) in [5.41, 5.74) is 3.71. The number of amides is 3. The lowest BCUT2D eigenvalue weighted by Crippen LogP contribution is -2.33. The van der Waals surface area contributed by atoms with Crippen LogP contribution >= 0.6 is 0 Å². The van der Waals surface area contributed by atoms with Crippen molar-refractivity contribution in [2.75, 3.05) is 10.2 Å². The van der Waals surface area contributed by atoms with Crippen LogP contribution in [0.4, 0.5) is 11.4 Å². The Kier molecular flexibility index (Phi) is 4.09. The van der Waals surface area contributed by atoms with E-state index in [1.807, 2.05) is 32.0 Å². The van der Waals surface area contributed by atoms with E-state index < -0.39 is 0 Å². The molecule has 0 aromatic heterocycles. The van der Waals surface area contributed by atoms with Gasteiger partial charge in [0.1, 0.15) is 0 Å². The average Bonchev–Trinajstić information content (AvgIpc) is 3.38. The molecule has 4 atom stereocenters. The van der Waals surface area contributed by atoms with Gasteiger partial charge in [-0.1, -0.05) is 24.3 Å². The van der Waals surface area contributed by atoms with Crippen molar-refractivity contribution >= 4 is 29.1 Å². The van der Waals surface area contributed by atoms with Crippen molar-refractivity contribution in [3.63, 3.8) is 0 Å². The largest absolute Gasteiger partial charge is 0.322 e. The van der Waals surface area contributed by atoms with E-state index in [-0.39, 0.29) is 29.6 Å². The summed E-state index contributed by atoms with van der Waals surface area (Å²) in [7, 11) is 0. The van der Waals surface area contributed by atoms with Crippen molar-refractivity contribution in [1.29, 1.82) is 0 Å². The number of anilines is 2. The summed E-state index contributed by atoms with van der Waals surface area (Å²) in [6.45, 7) is 3.90. The van der Waals surface area contributed by atoms with E-state index in [1.54, 1.807) is 24.3 Å². The van der Waals surface area contributed by atoms with Crippen LogP contribution in [0.1, 0.15) is 40.7 Å². The van der Waals surface area contributed by atoms with Crippen molar-refractivity contribution < 1.29 is 14.4 Å². The third-order valence-electron chi connectivity index (χ3n) is 7.01. The number of hydrogen-bond acceptors (Lipinski definition) is 3. The number of benzene rings is 2. The Hall–Kier alpha value is -2.95. The van der Waals surface area contributed by atoms with Gasteiger partial charge in [0.05, 0.1) is 17.5 Å². The number of aryl methyl sites for hydroxylation is 2. The molecule has 29 heavy (non-hydrogen) atoms. The SMILES string of the molecule is Cc1cccc(C)c1NC(=O)c1cccc(N2C(=O)[C@H]3[C@H]4CC[C@@H](C4)[C@@H]3C2=O)c1. The number of imide groups is 1. The van der Waals surface area contributed by atoms with E-state index in [4.69, 9.17) is 0 Å². The maximum absolute atomic E-state index is 13.1. The van der Waals surface area contributed by atoms with E-state index in [0.717, 1.165) is 36.1 Å². The molecule has 2 bridgehead atoms. The maximum atomic E-state index is 13.1. The highest BCUT2D eigenvalue weighted by atomic mass is 16.2. The number of carbonyl (C=O) groups is 3. The molecule has 5 nitrogen and oxygen atoms in total. The molecule has 0 spiro atoms. The monoisotopic (exact) mass is 388 g/mol. The number of hydrogen-bond donors (Lipinski definition) is 1. The first-order valence-corrected chi connectivity index (χ1v) is 10.3. The maximum Gasteiger partial charge on any atom is 0.255 e. The quantitative estimate of drug-likeness (QED) is 0.806. The van der Waals surface area contributed by atoms with Crippen LogP contribution < -0.4 is 10.2 Å². The van der Waals surface area contributed by atoms with Gasteiger partial charge in [-0.25, -0.2) is 0 Å². The zero-order chi connectivity index (χ0) is 20.3. The molecular formula is C24H24N2O3. The van der Waals surface area contributed by atoms with Crippen molar-refractivity contribution in [1.82, 2.24) is 0 Å². The molecule has 3 aliphatic rings. The highest BCUT2D eigenvalue weighted by Crippen LogP contribution is 2.56. The standard InChI is InChI=1S/C24H24N2O3/c1-13-5-3-6-14(2)21(13)25-22(27)17-7-4-8-18(12-17)26-23(28)19-15-9-10-16(11-15)20(19)24(26)29/h3-8,12,15-16,19-20H,9-11H2,1-2H3,(H,25,27)/t15-,16-,19-,20-/m0/s1. The Bertz CT molecular complexity index is 996. The zero-order valence-electron chi connectivity index (χ0n) is 16.6.